The van der Waals surface area contributed by atoms with Crippen molar-refractivity contribution in [1.82, 2.24) is 4.98 Å². The first-order valence-electron chi connectivity index (χ1n) is 5.77. The van der Waals surface area contributed by atoms with E-state index in [0.29, 0.717) is 5.92 Å². The van der Waals surface area contributed by atoms with Crippen molar-refractivity contribution < 1.29 is 0 Å². The van der Waals surface area contributed by atoms with Crippen molar-refractivity contribution in [3.8, 4) is 0 Å². The molecule has 1 heteroatoms. The van der Waals surface area contributed by atoms with Crippen molar-refractivity contribution in [3.05, 3.63) is 71.9 Å². The number of aryl methyl sites for hydroxylation is 1. The Morgan fingerprint density at radius 1 is 1.00 bits per heavy atom. The summed E-state index contributed by atoms with van der Waals surface area (Å²) in [6.07, 6.45) is 6.56. The van der Waals surface area contributed by atoms with E-state index in [-0.39, 0.29) is 0 Å². The van der Waals surface area contributed by atoms with Crippen molar-refractivity contribution in [2.24, 2.45) is 0 Å². The molecule has 1 radical (unpaired) electrons. The molecule has 79 valence electrons. The van der Waals surface area contributed by atoms with Gasteiger partial charge >= 0.3 is 0 Å². The van der Waals surface area contributed by atoms with E-state index in [1.165, 1.54) is 23.2 Å². The average molecular weight is 208 g/mol. The molecule has 1 atom stereocenters. The van der Waals surface area contributed by atoms with Gasteiger partial charge in [0.25, 0.3) is 0 Å². The lowest BCUT2D eigenvalue weighted by molar-refractivity contribution is 0.657. The van der Waals surface area contributed by atoms with Gasteiger partial charge in [-0.2, -0.15) is 0 Å². The van der Waals surface area contributed by atoms with Gasteiger partial charge in [0.15, 0.2) is 0 Å². The van der Waals surface area contributed by atoms with E-state index >= 15 is 0 Å². The van der Waals surface area contributed by atoms with E-state index in [9.17, 15) is 0 Å². The minimum absolute atomic E-state index is 0.482. The molecule has 0 aliphatic heterocycles. The number of hydrogen-bond acceptors (Lipinski definition) is 1. The Balaban J connectivity index is 1.89. The Kier molecular flexibility index (Phi) is 2.45. The fourth-order valence-corrected chi connectivity index (χ4v) is 2.36. The molecule has 0 saturated carbocycles. The van der Waals surface area contributed by atoms with Gasteiger partial charge in [-0.05, 0) is 36.1 Å². The highest BCUT2D eigenvalue weighted by Crippen LogP contribution is 2.32. The number of aromatic nitrogens is 1. The van der Waals surface area contributed by atoms with Gasteiger partial charge in [0.2, 0.25) is 0 Å². The van der Waals surface area contributed by atoms with Crippen LogP contribution in [0.1, 0.15) is 29.2 Å². The highest BCUT2D eigenvalue weighted by molar-refractivity contribution is 5.39. The zero-order chi connectivity index (χ0) is 10.8. The van der Waals surface area contributed by atoms with Crippen molar-refractivity contribution in [1.29, 1.82) is 0 Å². The van der Waals surface area contributed by atoms with Crippen molar-refractivity contribution in [3.63, 3.8) is 0 Å². The van der Waals surface area contributed by atoms with E-state index in [4.69, 9.17) is 0 Å². The molecule has 0 saturated heterocycles. The zero-order valence-corrected chi connectivity index (χ0v) is 9.13. The smallest absolute Gasteiger partial charge is 0.0440 e. The number of pyridine rings is 1. The first kappa shape index (κ1) is 9.59. The first-order chi connectivity index (χ1) is 7.93. The Morgan fingerprint density at radius 2 is 1.88 bits per heavy atom. The maximum Gasteiger partial charge on any atom is 0.0440 e. The Morgan fingerprint density at radius 3 is 2.75 bits per heavy atom. The molecule has 0 spiro atoms. The summed E-state index contributed by atoms with van der Waals surface area (Å²) in [5.41, 5.74) is 4.04. The van der Waals surface area contributed by atoms with Crippen LogP contribution in [0.15, 0.2) is 48.7 Å². The largest absolute Gasteiger partial charge is 0.261 e. The Hall–Kier alpha value is -1.63. The van der Waals surface area contributed by atoms with Crippen LogP contribution in [0.4, 0.5) is 0 Å². The molecule has 0 bridgehead atoms. The van der Waals surface area contributed by atoms with Crippen LogP contribution in [0.25, 0.3) is 0 Å². The summed E-state index contributed by atoms with van der Waals surface area (Å²) >= 11 is 0. The van der Waals surface area contributed by atoms with E-state index in [1.54, 1.807) is 0 Å². The summed E-state index contributed by atoms with van der Waals surface area (Å²) in [5.74, 6) is 0.482. The lowest BCUT2D eigenvalue weighted by atomic mass is 9.82. The molecule has 1 aliphatic carbocycles. The number of hydrogen-bond donors (Lipinski definition) is 0. The summed E-state index contributed by atoms with van der Waals surface area (Å²) in [6, 6.07) is 14.8. The zero-order valence-electron chi connectivity index (χ0n) is 9.13. The summed E-state index contributed by atoms with van der Waals surface area (Å²) in [4.78, 5) is 4.44. The number of nitrogens with zero attached hydrogens (tertiary/aromatic N) is 1. The molecule has 1 aromatic heterocycles. The molecular formula is C15H14N. The highest BCUT2D eigenvalue weighted by atomic mass is 14.7. The van der Waals surface area contributed by atoms with Crippen LogP contribution in [0.5, 0.6) is 0 Å². The second-order valence-corrected chi connectivity index (χ2v) is 4.27. The normalized spacial score (nSPS) is 19.1. The first-order valence-corrected chi connectivity index (χ1v) is 5.77. The van der Waals surface area contributed by atoms with Crippen molar-refractivity contribution >= 4 is 0 Å². The molecule has 0 amide bonds. The number of benzene rings is 1. The van der Waals surface area contributed by atoms with Crippen LogP contribution in [0, 0.1) is 6.42 Å². The molecule has 1 unspecified atom stereocenters. The van der Waals surface area contributed by atoms with E-state index in [2.05, 4.69) is 47.8 Å². The standard InChI is InChI=1S/C15H14N/c1-2-6-13-11-14(9-8-12(13)5-1)15-7-3-4-10-16-15/h1-7,10-11,14H,8-9H2. The second-order valence-electron chi connectivity index (χ2n) is 4.27. The Bertz CT molecular complexity index is 476. The van der Waals surface area contributed by atoms with Gasteiger partial charge in [0.1, 0.15) is 0 Å². The van der Waals surface area contributed by atoms with Crippen molar-refractivity contribution in [2.45, 2.75) is 18.8 Å². The highest BCUT2D eigenvalue weighted by Gasteiger charge is 2.20. The monoisotopic (exact) mass is 208 g/mol. The van der Waals surface area contributed by atoms with Crippen LogP contribution in [-0.4, -0.2) is 4.98 Å². The summed E-state index contributed by atoms with van der Waals surface area (Å²) in [6.45, 7) is 0. The summed E-state index contributed by atoms with van der Waals surface area (Å²) in [7, 11) is 0. The van der Waals surface area contributed by atoms with Crippen LogP contribution < -0.4 is 0 Å². The molecule has 1 heterocycles. The van der Waals surface area contributed by atoms with Gasteiger partial charge in [-0.25, -0.2) is 0 Å². The average Bonchev–Trinajstić information content (AvgIpc) is 2.39. The van der Waals surface area contributed by atoms with Crippen LogP contribution in [0.3, 0.4) is 0 Å². The van der Waals surface area contributed by atoms with Crippen LogP contribution in [-0.2, 0) is 6.42 Å². The van der Waals surface area contributed by atoms with Gasteiger partial charge in [0.05, 0.1) is 0 Å². The molecule has 2 aromatic rings. The number of rotatable bonds is 1. The molecule has 1 aliphatic rings. The van der Waals surface area contributed by atoms with Gasteiger partial charge in [-0.15, -0.1) is 0 Å². The SMILES string of the molecule is [CH]1c2ccccc2CCC1c1ccccn1. The molecule has 3 rings (SSSR count). The van der Waals surface area contributed by atoms with Gasteiger partial charge in [0, 0.05) is 24.2 Å². The maximum absolute atomic E-state index is 4.44. The fraction of sp³-hybridized carbons (Fsp3) is 0.200. The molecule has 0 N–H and O–H groups in total. The predicted molar refractivity (Wildman–Crippen MR) is 65.1 cm³/mol. The molecular weight excluding hydrogens is 194 g/mol. The minimum atomic E-state index is 0.482. The van der Waals surface area contributed by atoms with Crippen molar-refractivity contribution in [2.75, 3.05) is 0 Å². The van der Waals surface area contributed by atoms with E-state index < -0.39 is 0 Å². The van der Waals surface area contributed by atoms with Crippen LogP contribution >= 0.6 is 0 Å². The lowest BCUT2D eigenvalue weighted by Gasteiger charge is -2.23. The fourth-order valence-electron chi connectivity index (χ4n) is 2.36. The molecule has 1 aromatic carbocycles. The third-order valence-electron chi connectivity index (χ3n) is 3.23. The number of fused-ring (bicyclic) bond motifs is 1. The van der Waals surface area contributed by atoms with Gasteiger partial charge in [-0.1, -0.05) is 30.3 Å². The summed E-state index contributed by atoms with van der Waals surface area (Å²) < 4.78 is 0. The third kappa shape index (κ3) is 1.73. The van der Waals surface area contributed by atoms with E-state index in [0.717, 1.165) is 6.42 Å². The van der Waals surface area contributed by atoms with Gasteiger partial charge < -0.3 is 0 Å². The molecule has 16 heavy (non-hydrogen) atoms. The summed E-state index contributed by atoms with van der Waals surface area (Å²) in [5, 5.41) is 0. The molecule has 1 nitrogen and oxygen atoms in total. The topological polar surface area (TPSA) is 12.9 Å². The quantitative estimate of drug-likeness (QED) is 0.700. The lowest BCUT2D eigenvalue weighted by Crippen LogP contribution is -2.11. The second kappa shape index (κ2) is 4.09. The molecule has 0 fully saturated rings. The van der Waals surface area contributed by atoms with E-state index in [1.807, 2.05) is 12.3 Å². The Labute approximate surface area is 96.2 Å². The minimum Gasteiger partial charge on any atom is -0.261 e. The maximum atomic E-state index is 4.44. The predicted octanol–water partition coefficient (Wildman–Crippen LogP) is 3.36. The van der Waals surface area contributed by atoms with Gasteiger partial charge in [-0.3, -0.25) is 4.98 Å². The van der Waals surface area contributed by atoms with Crippen LogP contribution in [0.2, 0.25) is 0 Å². The third-order valence-corrected chi connectivity index (χ3v) is 3.23.